The van der Waals surface area contributed by atoms with E-state index in [1.165, 1.54) is 0 Å². The maximum absolute atomic E-state index is 12.1. The van der Waals surface area contributed by atoms with Gasteiger partial charge in [0.2, 0.25) is 0 Å². The first-order valence-electron chi connectivity index (χ1n) is 6.14. The summed E-state index contributed by atoms with van der Waals surface area (Å²) in [6.45, 7) is 0. The molecule has 0 amide bonds. The lowest BCUT2D eigenvalue weighted by molar-refractivity contribution is 1.15. The first-order chi connectivity index (χ1) is 9.81. The molecule has 0 fully saturated rings. The molecular formula is C15H9N3OS. The molecule has 96 valence electrons. The molecule has 0 aliphatic carbocycles. The molecule has 0 aliphatic rings. The maximum atomic E-state index is 12.1. The smallest absolute Gasteiger partial charge is 0.259 e. The minimum absolute atomic E-state index is 0.140. The van der Waals surface area contributed by atoms with Crippen LogP contribution in [0.1, 0.15) is 0 Å². The maximum Gasteiger partial charge on any atom is 0.259 e. The van der Waals surface area contributed by atoms with Crippen LogP contribution < -0.4 is 5.56 Å². The van der Waals surface area contributed by atoms with Gasteiger partial charge in [0.1, 0.15) is 5.69 Å². The Morgan fingerprint density at radius 3 is 3.00 bits per heavy atom. The molecule has 0 saturated heterocycles. The molecule has 0 bridgehead atoms. The molecule has 3 heterocycles. The minimum Gasteiger partial charge on any atom is -0.305 e. The molecule has 0 atom stereocenters. The second-order valence-corrected chi connectivity index (χ2v) is 5.41. The summed E-state index contributed by atoms with van der Waals surface area (Å²) < 4.78 is 1.13. The summed E-state index contributed by atoms with van der Waals surface area (Å²) in [6.07, 6.45) is 1.80. The third-order valence-electron chi connectivity index (χ3n) is 3.19. The predicted octanol–water partition coefficient (Wildman–Crippen LogP) is 3.20. The number of hydrogen-bond donors (Lipinski definition) is 1. The summed E-state index contributed by atoms with van der Waals surface area (Å²) in [6, 6.07) is 11.3. The highest BCUT2D eigenvalue weighted by atomic mass is 32.1. The molecule has 4 aromatic rings. The van der Waals surface area contributed by atoms with Gasteiger partial charge in [0.25, 0.3) is 5.56 Å². The first-order valence-corrected chi connectivity index (χ1v) is 7.02. The van der Waals surface area contributed by atoms with Gasteiger partial charge in [-0.05, 0) is 29.6 Å². The quantitative estimate of drug-likeness (QED) is 0.582. The lowest BCUT2D eigenvalue weighted by atomic mass is 10.2. The van der Waals surface area contributed by atoms with Crippen LogP contribution in [0, 0.1) is 0 Å². The zero-order valence-electron chi connectivity index (χ0n) is 10.3. The third kappa shape index (κ3) is 1.71. The Labute approximate surface area is 117 Å². The zero-order chi connectivity index (χ0) is 13.5. The van der Waals surface area contributed by atoms with E-state index in [1.807, 2.05) is 35.7 Å². The number of fused-ring (bicyclic) bond motifs is 2. The molecule has 4 nitrogen and oxygen atoms in total. The number of nitrogens with one attached hydrogen (secondary N) is 1. The number of aromatic nitrogens is 3. The zero-order valence-corrected chi connectivity index (χ0v) is 11.1. The van der Waals surface area contributed by atoms with Crippen molar-refractivity contribution in [1.29, 1.82) is 0 Å². The molecule has 20 heavy (non-hydrogen) atoms. The number of pyridine rings is 1. The summed E-state index contributed by atoms with van der Waals surface area (Å²) in [5.74, 6) is 0.504. The van der Waals surface area contributed by atoms with E-state index in [1.54, 1.807) is 23.6 Å². The molecule has 0 spiro atoms. The van der Waals surface area contributed by atoms with Crippen molar-refractivity contribution in [3.8, 4) is 11.5 Å². The van der Waals surface area contributed by atoms with Gasteiger partial charge in [0, 0.05) is 16.3 Å². The summed E-state index contributed by atoms with van der Waals surface area (Å²) in [5.41, 5.74) is 1.22. The van der Waals surface area contributed by atoms with Crippen molar-refractivity contribution in [2.45, 2.75) is 0 Å². The van der Waals surface area contributed by atoms with Crippen LogP contribution in [-0.4, -0.2) is 15.0 Å². The van der Waals surface area contributed by atoms with Gasteiger partial charge < -0.3 is 4.98 Å². The van der Waals surface area contributed by atoms with Gasteiger partial charge in [0.15, 0.2) is 5.82 Å². The molecule has 3 aromatic heterocycles. The lowest BCUT2D eigenvalue weighted by Crippen LogP contribution is -2.09. The van der Waals surface area contributed by atoms with Gasteiger partial charge in [-0.1, -0.05) is 12.1 Å². The molecular weight excluding hydrogens is 270 g/mol. The molecule has 0 aliphatic heterocycles. The molecule has 1 aromatic carbocycles. The van der Waals surface area contributed by atoms with E-state index in [9.17, 15) is 4.79 Å². The average molecular weight is 279 g/mol. The highest BCUT2D eigenvalue weighted by Crippen LogP contribution is 2.24. The molecule has 4 rings (SSSR count). The van der Waals surface area contributed by atoms with E-state index in [0.29, 0.717) is 22.4 Å². The number of rotatable bonds is 1. The normalized spacial score (nSPS) is 11.2. The average Bonchev–Trinajstić information content (AvgIpc) is 2.94. The van der Waals surface area contributed by atoms with E-state index in [0.717, 1.165) is 10.1 Å². The lowest BCUT2D eigenvalue weighted by Gasteiger charge is -2.02. The van der Waals surface area contributed by atoms with Crippen molar-refractivity contribution in [2.24, 2.45) is 0 Å². The predicted molar refractivity (Wildman–Crippen MR) is 81.0 cm³/mol. The van der Waals surface area contributed by atoms with Gasteiger partial charge in [0.05, 0.1) is 10.9 Å². The van der Waals surface area contributed by atoms with E-state index < -0.39 is 0 Å². The van der Waals surface area contributed by atoms with Crippen LogP contribution in [0.5, 0.6) is 0 Å². The Hall–Kier alpha value is -2.53. The summed E-state index contributed by atoms with van der Waals surface area (Å²) in [4.78, 5) is 23.7. The number of aromatic amines is 1. The Morgan fingerprint density at radius 1 is 1.15 bits per heavy atom. The van der Waals surface area contributed by atoms with Crippen LogP contribution in [0.3, 0.4) is 0 Å². The fourth-order valence-electron chi connectivity index (χ4n) is 2.19. The number of hydrogen-bond acceptors (Lipinski definition) is 4. The van der Waals surface area contributed by atoms with Crippen LogP contribution in [-0.2, 0) is 0 Å². The van der Waals surface area contributed by atoms with E-state index in [2.05, 4.69) is 15.0 Å². The second-order valence-electron chi connectivity index (χ2n) is 4.46. The monoisotopic (exact) mass is 279 g/mol. The summed E-state index contributed by atoms with van der Waals surface area (Å²) in [7, 11) is 0. The van der Waals surface area contributed by atoms with Gasteiger partial charge in [-0.25, -0.2) is 4.98 Å². The highest BCUT2D eigenvalue weighted by Gasteiger charge is 2.07. The minimum atomic E-state index is -0.140. The van der Waals surface area contributed by atoms with Crippen molar-refractivity contribution < 1.29 is 0 Å². The van der Waals surface area contributed by atoms with Crippen molar-refractivity contribution in [3.05, 3.63) is 58.3 Å². The second kappa shape index (κ2) is 4.25. The Bertz CT molecular complexity index is 987. The van der Waals surface area contributed by atoms with Crippen LogP contribution >= 0.6 is 11.3 Å². The van der Waals surface area contributed by atoms with E-state index >= 15 is 0 Å². The fourth-order valence-corrected chi connectivity index (χ4v) is 2.99. The fraction of sp³-hybridized carbons (Fsp3) is 0. The first kappa shape index (κ1) is 11.3. The number of benzene rings is 1. The van der Waals surface area contributed by atoms with Gasteiger partial charge >= 0.3 is 0 Å². The molecule has 5 heteroatoms. The van der Waals surface area contributed by atoms with Crippen molar-refractivity contribution in [1.82, 2.24) is 15.0 Å². The molecule has 0 saturated carbocycles. The molecule has 0 unspecified atom stereocenters. The summed E-state index contributed by atoms with van der Waals surface area (Å²) in [5, 5.41) is 3.71. The Morgan fingerprint density at radius 2 is 2.05 bits per heavy atom. The Kier molecular flexibility index (Phi) is 2.40. The third-order valence-corrected chi connectivity index (χ3v) is 4.07. The number of nitrogens with zero attached hydrogens (tertiary/aromatic N) is 2. The van der Waals surface area contributed by atoms with E-state index in [-0.39, 0.29) is 5.56 Å². The van der Waals surface area contributed by atoms with Gasteiger partial charge in [-0.2, -0.15) is 0 Å². The topological polar surface area (TPSA) is 58.6 Å². The Balaban J connectivity index is 1.99. The molecule has 1 N–H and O–H groups in total. The molecule has 0 radical (unpaired) electrons. The number of thiophene rings is 1. The number of para-hydroxylation sites is 1. The van der Waals surface area contributed by atoms with E-state index in [4.69, 9.17) is 0 Å². The van der Waals surface area contributed by atoms with Crippen LogP contribution in [0.2, 0.25) is 0 Å². The van der Waals surface area contributed by atoms with Crippen molar-refractivity contribution in [2.75, 3.05) is 0 Å². The highest BCUT2D eigenvalue weighted by molar-refractivity contribution is 7.17. The standard InChI is InChI=1S/C15H9N3OS/c19-15-10-3-1-2-4-11(10)17-14(18-15)12-7-13-9(8-16-12)5-6-20-13/h1-8H,(H,17,18,19). The van der Waals surface area contributed by atoms with Crippen LogP contribution in [0.15, 0.2) is 52.8 Å². The number of H-pyrrole nitrogens is 1. The van der Waals surface area contributed by atoms with Crippen molar-refractivity contribution >= 4 is 32.3 Å². The van der Waals surface area contributed by atoms with Crippen LogP contribution in [0.25, 0.3) is 32.5 Å². The van der Waals surface area contributed by atoms with Crippen LogP contribution in [0.4, 0.5) is 0 Å². The van der Waals surface area contributed by atoms with Gasteiger partial charge in [-0.15, -0.1) is 11.3 Å². The van der Waals surface area contributed by atoms with Gasteiger partial charge in [-0.3, -0.25) is 9.78 Å². The summed E-state index contributed by atoms with van der Waals surface area (Å²) >= 11 is 1.64. The SMILES string of the molecule is O=c1[nH]c(-c2cc3sccc3cn2)nc2ccccc12. The van der Waals surface area contributed by atoms with Crippen molar-refractivity contribution in [3.63, 3.8) is 0 Å². The largest absolute Gasteiger partial charge is 0.305 e.